The third kappa shape index (κ3) is 9.96. The molecule has 10 nitrogen and oxygen atoms in total. The first-order chi connectivity index (χ1) is 19.5. The average molecular weight is 635 g/mol. The number of aryl methyl sites for hydroxylation is 1. The molecule has 0 bridgehead atoms. The monoisotopic (exact) mass is 634 g/mol. The fourth-order valence-electron chi connectivity index (χ4n) is 3.70. The number of carbonyl (C=O) groups excluding carboxylic acids is 2. The molecule has 0 aliphatic heterocycles. The maximum atomic E-state index is 13.4. The van der Waals surface area contributed by atoms with Crippen LogP contribution in [0.15, 0.2) is 41.7 Å². The Hall–Kier alpha value is -3.20. The first-order valence-corrected chi connectivity index (χ1v) is 13.9. The van der Waals surface area contributed by atoms with E-state index in [9.17, 15) is 27.9 Å². The highest BCUT2D eigenvalue weighted by Gasteiger charge is 2.32. The van der Waals surface area contributed by atoms with Crippen molar-refractivity contribution in [3.8, 4) is 5.75 Å². The quantitative estimate of drug-likeness (QED) is 0.215. The lowest BCUT2D eigenvalue weighted by Crippen LogP contribution is -3.00. The third-order valence-electron chi connectivity index (χ3n) is 5.77. The van der Waals surface area contributed by atoms with Gasteiger partial charge in [-0.15, -0.1) is 0 Å². The fourth-order valence-corrected chi connectivity index (χ4v) is 4.72. The Morgan fingerprint density at radius 3 is 2.67 bits per heavy atom. The molecule has 0 aliphatic rings. The molecule has 15 heteroatoms. The van der Waals surface area contributed by atoms with Crippen LogP contribution in [0.3, 0.4) is 0 Å². The molecule has 0 spiro atoms. The number of benzene rings is 1. The number of aliphatic hydroxyl groups excluding tert-OH is 1. The minimum Gasteiger partial charge on any atom is -1.00 e. The van der Waals surface area contributed by atoms with Gasteiger partial charge in [0.2, 0.25) is 0 Å². The summed E-state index contributed by atoms with van der Waals surface area (Å²) in [5.74, 6) is -1.01. The number of ether oxygens (including phenoxy) is 3. The molecule has 0 radical (unpaired) electrons. The van der Waals surface area contributed by atoms with Crippen LogP contribution >= 0.6 is 11.3 Å². The number of methoxy groups -OCH3 is 1. The Morgan fingerprint density at radius 1 is 1.24 bits per heavy atom. The molecule has 0 aliphatic carbocycles. The molecule has 0 fully saturated rings. The summed E-state index contributed by atoms with van der Waals surface area (Å²) in [5.41, 5.74) is -0.657. The van der Waals surface area contributed by atoms with Crippen LogP contribution in [0, 0.1) is 0 Å². The van der Waals surface area contributed by atoms with Gasteiger partial charge in [-0.1, -0.05) is 24.7 Å². The molecule has 2 amide bonds. The summed E-state index contributed by atoms with van der Waals surface area (Å²) in [4.78, 5) is 29.7. The number of thiazole rings is 1. The highest BCUT2D eigenvalue weighted by molar-refractivity contribution is 7.16. The van der Waals surface area contributed by atoms with Crippen molar-refractivity contribution < 1.29 is 59.1 Å². The largest absolute Gasteiger partial charge is 1.00 e. The number of unbranched alkanes of at least 4 members (excludes halogenated alkanes) is 1. The molecule has 232 valence electrons. The van der Waals surface area contributed by atoms with Gasteiger partial charge in [-0.25, -0.2) is 4.79 Å². The number of alkyl carbamates (subject to hydrolysis) is 1. The number of alkyl halides is 3. The number of carbonyl (C=O) groups is 2. The van der Waals surface area contributed by atoms with Crippen LogP contribution in [-0.2, 0) is 28.9 Å². The van der Waals surface area contributed by atoms with Crippen LogP contribution in [0.4, 0.5) is 18.0 Å². The van der Waals surface area contributed by atoms with Crippen molar-refractivity contribution in [2.45, 2.75) is 58.7 Å². The van der Waals surface area contributed by atoms with E-state index in [0.29, 0.717) is 37.0 Å². The lowest BCUT2D eigenvalue weighted by Gasteiger charge is -2.13. The highest BCUT2D eigenvalue weighted by atomic mass is 35.5. The molecule has 0 saturated heterocycles. The zero-order valence-corrected chi connectivity index (χ0v) is 25.0. The second-order valence-corrected chi connectivity index (χ2v) is 10.2. The summed E-state index contributed by atoms with van der Waals surface area (Å²) in [6.45, 7) is 4.62. The SMILES string of the molecule is CCCCn1c(=NC(=O)c2cc(C(F)(F)F)ccc2OC[C@H](C)O)sc2cc[n+](COC(=O)NCCCOC)cc21.[Cl-]. The third-order valence-corrected chi connectivity index (χ3v) is 6.83. The molecule has 0 saturated carbocycles. The first kappa shape index (κ1) is 35.0. The molecule has 0 unspecified atom stereocenters. The van der Waals surface area contributed by atoms with Gasteiger partial charge in [-0.2, -0.15) is 22.7 Å². The summed E-state index contributed by atoms with van der Waals surface area (Å²) in [6.07, 6.45) is -0.422. The number of halogens is 4. The van der Waals surface area contributed by atoms with E-state index in [-0.39, 0.29) is 37.1 Å². The summed E-state index contributed by atoms with van der Waals surface area (Å²) < 4.78 is 60.1. The molecule has 2 aromatic heterocycles. The average Bonchev–Trinajstić information content (AvgIpc) is 3.27. The van der Waals surface area contributed by atoms with Gasteiger partial charge in [-0.3, -0.25) is 4.79 Å². The first-order valence-electron chi connectivity index (χ1n) is 13.1. The van der Waals surface area contributed by atoms with Gasteiger partial charge in [0.05, 0.1) is 21.9 Å². The number of nitrogens with one attached hydrogen (secondary N) is 1. The van der Waals surface area contributed by atoms with Gasteiger partial charge in [0.15, 0.2) is 17.2 Å². The van der Waals surface area contributed by atoms with E-state index in [1.807, 2.05) is 11.5 Å². The Kier molecular flexibility index (Phi) is 13.7. The van der Waals surface area contributed by atoms with Crippen LogP contribution in [0.2, 0.25) is 0 Å². The smallest absolute Gasteiger partial charge is 0.416 e. The zero-order valence-electron chi connectivity index (χ0n) is 23.4. The van der Waals surface area contributed by atoms with Gasteiger partial charge in [0.1, 0.15) is 17.9 Å². The van der Waals surface area contributed by atoms with E-state index in [2.05, 4.69) is 10.3 Å². The number of aliphatic hydroxyl groups is 1. The van der Waals surface area contributed by atoms with Gasteiger partial charge in [0, 0.05) is 32.9 Å². The minimum absolute atomic E-state index is 0. The number of hydrogen-bond acceptors (Lipinski definition) is 7. The van der Waals surface area contributed by atoms with E-state index >= 15 is 0 Å². The van der Waals surface area contributed by atoms with Gasteiger partial charge in [0.25, 0.3) is 12.6 Å². The fraction of sp³-hybridized carbons (Fsp3) is 0.481. The summed E-state index contributed by atoms with van der Waals surface area (Å²) >= 11 is 1.21. The molecule has 2 N–H and O–H groups in total. The second-order valence-electron chi connectivity index (χ2n) is 9.22. The van der Waals surface area contributed by atoms with Crippen molar-refractivity contribution in [1.29, 1.82) is 0 Å². The number of pyridine rings is 1. The van der Waals surface area contributed by atoms with E-state index < -0.39 is 29.8 Å². The van der Waals surface area contributed by atoms with Crippen molar-refractivity contribution in [2.24, 2.45) is 4.99 Å². The van der Waals surface area contributed by atoms with Gasteiger partial charge in [-0.05, 0) is 38.0 Å². The number of rotatable bonds is 13. The lowest BCUT2D eigenvalue weighted by molar-refractivity contribution is -0.726. The van der Waals surface area contributed by atoms with Crippen molar-refractivity contribution >= 4 is 33.6 Å². The molecule has 1 aromatic carbocycles. The molecular weight excluding hydrogens is 601 g/mol. The Morgan fingerprint density at radius 2 is 2.00 bits per heavy atom. The van der Waals surface area contributed by atoms with Gasteiger partial charge < -0.3 is 41.6 Å². The van der Waals surface area contributed by atoms with E-state index in [1.165, 1.54) is 18.3 Å². The number of nitrogens with zero attached hydrogens (tertiary/aromatic N) is 3. The van der Waals surface area contributed by atoms with Crippen LogP contribution in [-0.4, -0.2) is 54.6 Å². The van der Waals surface area contributed by atoms with E-state index in [1.54, 1.807) is 30.1 Å². The standard InChI is InChI=1S/C27H33F3N4O6S.ClH/c1-4-5-11-34-21-15-33(17-40-26(37)31-10-6-13-38-3)12-9-23(21)41-25(34)32-24(36)20-14-19(27(28,29)30)7-8-22(20)39-16-18(2)35;/h7-9,12,14-15,18,35H,4-6,10-11,13,16-17H2,1-3H3;1H/t18-;/m0./s1. The maximum Gasteiger partial charge on any atom is 0.416 e. The van der Waals surface area contributed by atoms with Crippen LogP contribution in [0.25, 0.3) is 10.2 Å². The topological polar surface area (TPSA) is 115 Å². The normalized spacial score (nSPS) is 12.6. The van der Waals surface area contributed by atoms with Crippen LogP contribution in [0.1, 0.15) is 49.0 Å². The number of amides is 2. The predicted molar refractivity (Wildman–Crippen MR) is 144 cm³/mol. The van der Waals surface area contributed by atoms with Crippen LogP contribution < -0.4 is 31.8 Å². The van der Waals surface area contributed by atoms with Crippen molar-refractivity contribution in [1.82, 2.24) is 9.88 Å². The Bertz CT molecular complexity index is 1410. The predicted octanol–water partition coefficient (Wildman–Crippen LogP) is 1.03. The number of hydrogen-bond donors (Lipinski definition) is 2. The molecule has 1 atom stereocenters. The Labute approximate surface area is 251 Å². The van der Waals surface area contributed by atoms with E-state index in [4.69, 9.17) is 14.2 Å². The lowest BCUT2D eigenvalue weighted by atomic mass is 10.1. The Balaban J connectivity index is 0.00000616. The molecular formula is C27H34ClF3N4O6S. The number of fused-ring (bicyclic) bond motifs is 1. The van der Waals surface area contributed by atoms with E-state index in [0.717, 1.165) is 35.2 Å². The van der Waals surface area contributed by atoms with Crippen molar-refractivity contribution in [3.63, 3.8) is 0 Å². The summed E-state index contributed by atoms with van der Waals surface area (Å²) in [5, 5.41) is 12.2. The molecule has 2 heterocycles. The molecule has 3 rings (SSSR count). The van der Waals surface area contributed by atoms with Crippen molar-refractivity contribution in [2.75, 3.05) is 26.9 Å². The minimum atomic E-state index is -4.67. The highest BCUT2D eigenvalue weighted by Crippen LogP contribution is 2.33. The zero-order chi connectivity index (χ0) is 30.0. The second kappa shape index (κ2) is 16.4. The number of aromatic nitrogens is 2. The molecule has 3 aromatic rings. The molecule has 42 heavy (non-hydrogen) atoms. The maximum absolute atomic E-state index is 13.4. The van der Waals surface area contributed by atoms with Gasteiger partial charge >= 0.3 is 12.3 Å². The summed E-state index contributed by atoms with van der Waals surface area (Å²) in [7, 11) is 1.58. The van der Waals surface area contributed by atoms with Crippen LogP contribution in [0.5, 0.6) is 5.75 Å². The summed E-state index contributed by atoms with van der Waals surface area (Å²) in [6, 6.07) is 4.36. The van der Waals surface area contributed by atoms with Crippen molar-refractivity contribution in [3.05, 3.63) is 52.6 Å².